The van der Waals surface area contributed by atoms with Gasteiger partial charge in [0, 0.05) is 36.8 Å². The topological polar surface area (TPSA) is 96.4 Å². The molecule has 0 radical (unpaired) electrons. The van der Waals surface area contributed by atoms with Crippen LogP contribution in [-0.4, -0.2) is 65.5 Å². The summed E-state index contributed by atoms with van der Waals surface area (Å²) in [5.74, 6) is -0.199. The van der Waals surface area contributed by atoms with Gasteiger partial charge < -0.3 is 24.4 Å². The molecule has 0 aromatic heterocycles. The van der Waals surface area contributed by atoms with Crippen LogP contribution in [0, 0.1) is 0 Å². The number of methoxy groups -OCH3 is 1. The van der Waals surface area contributed by atoms with Gasteiger partial charge in [0.05, 0.1) is 20.1 Å². The minimum atomic E-state index is -0.989. The summed E-state index contributed by atoms with van der Waals surface area (Å²) in [6.45, 7) is 7.12. The molecule has 0 heterocycles. The van der Waals surface area contributed by atoms with Crippen LogP contribution in [0.4, 0.5) is 0 Å². The second-order valence-corrected chi connectivity index (χ2v) is 11.2. The Labute approximate surface area is 271 Å². The summed E-state index contributed by atoms with van der Waals surface area (Å²) in [5.41, 5.74) is 4.10. The molecule has 8 nitrogen and oxygen atoms in total. The molecule has 2 amide bonds. The molecule has 4 aromatic rings. The summed E-state index contributed by atoms with van der Waals surface area (Å²) in [6.07, 6.45) is 0.286. The van der Waals surface area contributed by atoms with Gasteiger partial charge in [-0.3, -0.25) is 14.4 Å². The Morgan fingerprint density at radius 2 is 1.35 bits per heavy atom. The van der Waals surface area contributed by atoms with Crippen LogP contribution in [0.25, 0.3) is 11.1 Å². The lowest BCUT2D eigenvalue weighted by Gasteiger charge is -2.28. The highest BCUT2D eigenvalue weighted by atomic mass is 16.5. The highest BCUT2D eigenvalue weighted by Crippen LogP contribution is 2.31. The number of aliphatic carboxylic acids is 1. The third-order valence-electron chi connectivity index (χ3n) is 7.77. The van der Waals surface area contributed by atoms with Crippen LogP contribution in [0.3, 0.4) is 0 Å². The highest BCUT2D eigenvalue weighted by molar-refractivity contribution is 6.06. The van der Waals surface area contributed by atoms with E-state index in [4.69, 9.17) is 9.47 Å². The van der Waals surface area contributed by atoms with E-state index in [1.54, 1.807) is 30.2 Å². The van der Waals surface area contributed by atoms with Crippen LogP contribution in [0.5, 0.6) is 11.5 Å². The number of carboxylic acid groups (broad SMARTS) is 1. The van der Waals surface area contributed by atoms with Gasteiger partial charge in [-0.15, -0.1) is 0 Å². The smallest absolute Gasteiger partial charge is 0.305 e. The predicted molar refractivity (Wildman–Crippen MR) is 179 cm³/mol. The second kappa shape index (κ2) is 16.3. The molecule has 46 heavy (non-hydrogen) atoms. The third-order valence-corrected chi connectivity index (χ3v) is 7.77. The molecule has 0 saturated heterocycles. The molecule has 0 fully saturated rings. The number of amides is 2. The van der Waals surface area contributed by atoms with E-state index in [0.29, 0.717) is 53.3 Å². The molecule has 0 spiro atoms. The zero-order valence-corrected chi connectivity index (χ0v) is 26.9. The molecule has 1 N–H and O–H groups in total. The van der Waals surface area contributed by atoms with Gasteiger partial charge in [0.15, 0.2) is 11.5 Å². The molecule has 8 heteroatoms. The third kappa shape index (κ3) is 8.53. The van der Waals surface area contributed by atoms with Gasteiger partial charge in [0.2, 0.25) is 0 Å². The van der Waals surface area contributed by atoms with E-state index in [0.717, 1.165) is 11.1 Å². The number of rotatable bonds is 15. The number of carboxylic acids is 1. The molecule has 240 valence electrons. The lowest BCUT2D eigenvalue weighted by Crippen LogP contribution is -2.37. The Morgan fingerprint density at radius 1 is 0.739 bits per heavy atom. The maximum absolute atomic E-state index is 14.2. The van der Waals surface area contributed by atoms with Crippen molar-refractivity contribution in [2.75, 3.05) is 26.8 Å². The summed E-state index contributed by atoms with van der Waals surface area (Å²) < 4.78 is 11.1. The van der Waals surface area contributed by atoms with Crippen LogP contribution in [-0.2, 0) is 17.8 Å². The Balaban J connectivity index is 1.66. The minimum absolute atomic E-state index is 0.0375. The Morgan fingerprint density at radius 3 is 1.93 bits per heavy atom. The molecule has 0 aliphatic heterocycles. The van der Waals surface area contributed by atoms with Crippen molar-refractivity contribution in [3.63, 3.8) is 0 Å². The second-order valence-electron chi connectivity index (χ2n) is 11.2. The average molecular weight is 623 g/mol. The summed E-state index contributed by atoms with van der Waals surface area (Å²) in [7, 11) is 1.58. The molecule has 0 unspecified atom stereocenters. The Kier molecular flexibility index (Phi) is 11.9. The van der Waals surface area contributed by atoms with Crippen LogP contribution in [0.1, 0.15) is 59.0 Å². The van der Waals surface area contributed by atoms with E-state index in [2.05, 4.69) is 0 Å². The summed E-state index contributed by atoms with van der Waals surface area (Å²) in [5, 5.41) is 9.48. The molecular weight excluding hydrogens is 580 g/mol. The van der Waals surface area contributed by atoms with Gasteiger partial charge in [-0.05, 0) is 73.7 Å². The largest absolute Gasteiger partial charge is 0.493 e. The lowest BCUT2D eigenvalue weighted by molar-refractivity contribution is -0.137. The van der Waals surface area contributed by atoms with Crippen LogP contribution in [0.15, 0.2) is 97.1 Å². The van der Waals surface area contributed by atoms with Gasteiger partial charge in [-0.1, -0.05) is 72.8 Å². The molecule has 4 rings (SSSR count). The highest BCUT2D eigenvalue weighted by Gasteiger charge is 2.26. The first-order valence-electron chi connectivity index (χ1n) is 15.6. The van der Waals surface area contributed by atoms with Crippen LogP contribution >= 0.6 is 0 Å². The normalized spacial score (nSPS) is 10.8. The number of nitrogens with zero attached hydrogens (tertiary/aromatic N) is 2. The fraction of sp³-hybridized carbons (Fsp3) is 0.289. The summed E-state index contributed by atoms with van der Waals surface area (Å²) >= 11 is 0. The summed E-state index contributed by atoms with van der Waals surface area (Å²) in [4.78, 5) is 43.3. The van der Waals surface area contributed by atoms with Crippen molar-refractivity contribution in [3.8, 4) is 22.6 Å². The van der Waals surface area contributed by atoms with Gasteiger partial charge >= 0.3 is 5.97 Å². The number of carbonyl (C=O) groups excluding carboxylic acids is 2. The molecule has 4 aromatic carbocycles. The van der Waals surface area contributed by atoms with Gasteiger partial charge in [-0.2, -0.15) is 0 Å². The SMILES string of the molecule is CCOc1cc(CCN(CCC(=O)O)C(=O)c2ccccc2-c2ccccc2C(=O)N(Cc2ccccc2)C(C)C)ccc1OC. The zero-order valence-electron chi connectivity index (χ0n) is 26.9. The Hall–Kier alpha value is -5.11. The maximum atomic E-state index is 14.2. The average Bonchev–Trinajstić information content (AvgIpc) is 3.07. The molecular formula is C38H42N2O6. The van der Waals surface area contributed by atoms with Crippen molar-refractivity contribution in [1.82, 2.24) is 9.80 Å². The first kappa shape index (κ1) is 33.8. The molecule has 0 bridgehead atoms. The monoisotopic (exact) mass is 622 g/mol. The van der Waals surface area contributed by atoms with Gasteiger partial charge in [0.25, 0.3) is 11.8 Å². The predicted octanol–water partition coefficient (Wildman–Crippen LogP) is 6.97. The molecule has 0 aliphatic rings. The van der Waals surface area contributed by atoms with E-state index in [1.807, 2.05) is 105 Å². The van der Waals surface area contributed by atoms with E-state index in [9.17, 15) is 19.5 Å². The molecule has 0 saturated carbocycles. The number of hydrogen-bond donors (Lipinski definition) is 1. The van der Waals surface area contributed by atoms with Crippen LogP contribution < -0.4 is 9.47 Å². The van der Waals surface area contributed by atoms with E-state index in [-0.39, 0.29) is 37.4 Å². The van der Waals surface area contributed by atoms with Gasteiger partial charge in [-0.25, -0.2) is 0 Å². The first-order valence-corrected chi connectivity index (χ1v) is 15.6. The number of hydrogen-bond acceptors (Lipinski definition) is 5. The van der Waals surface area contributed by atoms with Crippen molar-refractivity contribution in [3.05, 3.63) is 119 Å². The number of carbonyl (C=O) groups is 3. The van der Waals surface area contributed by atoms with Crippen molar-refractivity contribution in [2.24, 2.45) is 0 Å². The van der Waals surface area contributed by atoms with E-state index in [1.165, 1.54) is 0 Å². The van der Waals surface area contributed by atoms with Crippen molar-refractivity contribution >= 4 is 17.8 Å². The number of ether oxygens (including phenoxy) is 2. The van der Waals surface area contributed by atoms with Crippen molar-refractivity contribution in [2.45, 2.75) is 46.2 Å². The fourth-order valence-electron chi connectivity index (χ4n) is 5.36. The summed E-state index contributed by atoms with van der Waals surface area (Å²) in [6, 6.07) is 29.9. The van der Waals surface area contributed by atoms with Crippen molar-refractivity contribution in [1.29, 1.82) is 0 Å². The van der Waals surface area contributed by atoms with E-state index >= 15 is 0 Å². The fourth-order valence-corrected chi connectivity index (χ4v) is 5.36. The molecule has 0 atom stereocenters. The lowest BCUT2D eigenvalue weighted by atomic mass is 9.93. The standard InChI is InChI=1S/C38H42N2O6/c1-5-46-35-25-28(19-20-34(35)45-4)21-23-39(24-22-36(41)42)37(43)32-17-11-9-15-30(32)31-16-10-12-18-33(31)38(44)40(27(2)3)26-29-13-7-6-8-14-29/h6-20,25,27H,5,21-24,26H2,1-4H3,(H,41,42). The van der Waals surface area contributed by atoms with Crippen LogP contribution in [0.2, 0.25) is 0 Å². The first-order chi connectivity index (χ1) is 22.2. The zero-order chi connectivity index (χ0) is 33.1. The number of benzene rings is 4. The Bertz CT molecular complexity index is 1640. The van der Waals surface area contributed by atoms with Gasteiger partial charge in [0.1, 0.15) is 0 Å². The maximum Gasteiger partial charge on any atom is 0.305 e. The quantitative estimate of drug-likeness (QED) is 0.154. The van der Waals surface area contributed by atoms with Crippen molar-refractivity contribution < 1.29 is 29.0 Å². The van der Waals surface area contributed by atoms with E-state index < -0.39 is 5.97 Å². The molecule has 0 aliphatic carbocycles. The minimum Gasteiger partial charge on any atom is -0.493 e.